The quantitative estimate of drug-likeness (QED) is 0.758. The second-order valence-corrected chi connectivity index (χ2v) is 6.73. The Kier molecular flexibility index (Phi) is 5.00. The number of benzene rings is 1. The average molecular weight is 360 g/mol. The summed E-state index contributed by atoms with van der Waals surface area (Å²) in [6.45, 7) is 4.10. The van der Waals surface area contributed by atoms with Gasteiger partial charge < -0.3 is 21.1 Å². The molecule has 2 amide bonds. The highest BCUT2D eigenvalue weighted by Crippen LogP contribution is 2.33. The molecule has 0 bridgehead atoms. The van der Waals surface area contributed by atoms with Gasteiger partial charge in [0.05, 0.1) is 11.7 Å². The van der Waals surface area contributed by atoms with Crippen molar-refractivity contribution in [2.75, 3.05) is 5.32 Å². The van der Waals surface area contributed by atoms with Crippen molar-refractivity contribution in [2.45, 2.75) is 39.0 Å². The molecule has 1 aromatic carbocycles. The summed E-state index contributed by atoms with van der Waals surface area (Å²) in [5.41, 5.74) is 7.42. The standard InChI is InChI=1S/C17H20N4O3S/c1-3-13-17(23)21-11-5-4-10(6-14(11)24-13)9(2)19-16(22)12-8-25-15(7-18)20-12/h4-6,8-9,13H,3,7,18H2,1-2H3,(H,19,22)(H,21,23). The Balaban J connectivity index is 1.73. The number of hydrogen-bond acceptors (Lipinski definition) is 6. The van der Waals surface area contributed by atoms with E-state index in [9.17, 15) is 9.59 Å². The molecule has 0 saturated carbocycles. The zero-order valence-corrected chi connectivity index (χ0v) is 14.9. The summed E-state index contributed by atoms with van der Waals surface area (Å²) in [6, 6.07) is 5.25. The van der Waals surface area contributed by atoms with E-state index in [0.717, 1.165) is 10.6 Å². The number of hydrogen-bond donors (Lipinski definition) is 3. The van der Waals surface area contributed by atoms with Gasteiger partial charge in [-0.25, -0.2) is 4.98 Å². The lowest BCUT2D eigenvalue weighted by molar-refractivity contribution is -0.123. The molecule has 0 spiro atoms. The van der Waals surface area contributed by atoms with Gasteiger partial charge >= 0.3 is 0 Å². The van der Waals surface area contributed by atoms with Crippen molar-refractivity contribution in [3.63, 3.8) is 0 Å². The number of thiazole rings is 1. The molecule has 0 fully saturated rings. The van der Waals surface area contributed by atoms with Crippen molar-refractivity contribution in [2.24, 2.45) is 5.73 Å². The molecule has 0 saturated heterocycles. The van der Waals surface area contributed by atoms with E-state index in [1.54, 1.807) is 11.4 Å². The summed E-state index contributed by atoms with van der Waals surface area (Å²) in [5.74, 6) is 0.231. The lowest BCUT2D eigenvalue weighted by Crippen LogP contribution is -2.36. The molecule has 7 nitrogen and oxygen atoms in total. The summed E-state index contributed by atoms with van der Waals surface area (Å²) >= 11 is 1.37. The fourth-order valence-corrected chi connectivity index (χ4v) is 3.22. The third-order valence-corrected chi connectivity index (χ3v) is 4.87. The van der Waals surface area contributed by atoms with Gasteiger partial charge in [0.15, 0.2) is 6.10 Å². The molecule has 25 heavy (non-hydrogen) atoms. The molecule has 0 radical (unpaired) electrons. The number of carbonyl (C=O) groups excluding carboxylic acids is 2. The first-order chi connectivity index (χ1) is 12.0. The molecule has 0 aliphatic carbocycles. The van der Waals surface area contributed by atoms with Crippen LogP contribution >= 0.6 is 11.3 Å². The van der Waals surface area contributed by atoms with Gasteiger partial charge in [0.1, 0.15) is 16.5 Å². The molecule has 2 heterocycles. The molecule has 1 aliphatic rings. The first-order valence-electron chi connectivity index (χ1n) is 8.08. The van der Waals surface area contributed by atoms with E-state index in [1.165, 1.54) is 11.3 Å². The summed E-state index contributed by atoms with van der Waals surface area (Å²) in [6.07, 6.45) is 0.104. The summed E-state index contributed by atoms with van der Waals surface area (Å²) in [7, 11) is 0. The normalized spacial score (nSPS) is 17.2. The van der Waals surface area contributed by atoms with Crippen LogP contribution in [0.3, 0.4) is 0 Å². The number of aromatic nitrogens is 1. The van der Waals surface area contributed by atoms with Gasteiger partial charge in [0.25, 0.3) is 11.8 Å². The Labute approximate surface area is 149 Å². The zero-order chi connectivity index (χ0) is 18.0. The van der Waals surface area contributed by atoms with E-state index in [4.69, 9.17) is 10.5 Å². The fraction of sp³-hybridized carbons (Fsp3) is 0.353. The number of amides is 2. The maximum absolute atomic E-state index is 12.3. The van der Waals surface area contributed by atoms with E-state index in [2.05, 4.69) is 15.6 Å². The van der Waals surface area contributed by atoms with Crippen molar-refractivity contribution in [1.82, 2.24) is 10.3 Å². The Morgan fingerprint density at radius 1 is 1.52 bits per heavy atom. The van der Waals surface area contributed by atoms with Gasteiger partial charge in [-0.2, -0.15) is 0 Å². The number of nitrogens with one attached hydrogen (secondary N) is 2. The minimum Gasteiger partial charge on any atom is -0.478 e. The Morgan fingerprint density at radius 2 is 2.32 bits per heavy atom. The predicted octanol–water partition coefficient (Wildman–Crippen LogP) is 2.20. The van der Waals surface area contributed by atoms with Gasteiger partial charge in [-0.05, 0) is 31.0 Å². The van der Waals surface area contributed by atoms with Crippen LogP contribution in [-0.4, -0.2) is 22.9 Å². The highest BCUT2D eigenvalue weighted by Gasteiger charge is 2.26. The number of fused-ring (bicyclic) bond motifs is 1. The fourth-order valence-electron chi connectivity index (χ4n) is 2.56. The lowest BCUT2D eigenvalue weighted by atomic mass is 10.1. The molecular formula is C17H20N4O3S. The number of carbonyl (C=O) groups is 2. The number of rotatable bonds is 5. The smallest absolute Gasteiger partial charge is 0.271 e. The minimum atomic E-state index is -0.489. The lowest BCUT2D eigenvalue weighted by Gasteiger charge is -2.26. The second kappa shape index (κ2) is 7.20. The molecule has 4 N–H and O–H groups in total. The number of nitrogens with zero attached hydrogens (tertiary/aromatic N) is 1. The van der Waals surface area contributed by atoms with Crippen LogP contribution in [0.25, 0.3) is 0 Å². The van der Waals surface area contributed by atoms with Crippen molar-refractivity contribution in [3.05, 3.63) is 39.8 Å². The average Bonchev–Trinajstić information content (AvgIpc) is 3.10. The summed E-state index contributed by atoms with van der Waals surface area (Å²) < 4.78 is 5.74. The third-order valence-electron chi connectivity index (χ3n) is 4.00. The molecule has 132 valence electrons. The van der Waals surface area contributed by atoms with Gasteiger partial charge in [0, 0.05) is 11.9 Å². The minimum absolute atomic E-state index is 0.136. The number of anilines is 1. The van der Waals surface area contributed by atoms with Gasteiger partial charge in [0.2, 0.25) is 0 Å². The van der Waals surface area contributed by atoms with Crippen LogP contribution in [0.1, 0.15) is 47.4 Å². The van der Waals surface area contributed by atoms with E-state index >= 15 is 0 Å². The molecule has 1 aliphatic heterocycles. The van der Waals surface area contributed by atoms with E-state index in [-0.39, 0.29) is 17.9 Å². The number of ether oxygens (including phenoxy) is 1. The maximum atomic E-state index is 12.3. The molecule has 2 atom stereocenters. The van der Waals surface area contributed by atoms with Gasteiger partial charge in [-0.1, -0.05) is 13.0 Å². The van der Waals surface area contributed by atoms with Crippen molar-refractivity contribution >= 4 is 28.8 Å². The molecule has 3 rings (SSSR count). The van der Waals surface area contributed by atoms with Crippen LogP contribution in [0.15, 0.2) is 23.6 Å². The highest BCUT2D eigenvalue weighted by atomic mass is 32.1. The molecule has 1 aromatic heterocycles. The van der Waals surface area contributed by atoms with Crippen molar-refractivity contribution in [3.8, 4) is 5.75 Å². The largest absolute Gasteiger partial charge is 0.478 e. The van der Waals surface area contributed by atoms with Crippen LogP contribution in [0.5, 0.6) is 5.75 Å². The Morgan fingerprint density at radius 3 is 3.00 bits per heavy atom. The Bertz CT molecular complexity index is 805. The van der Waals surface area contributed by atoms with Crippen LogP contribution in [0.4, 0.5) is 5.69 Å². The molecule has 8 heteroatoms. The van der Waals surface area contributed by atoms with Crippen LogP contribution < -0.4 is 21.1 Å². The van der Waals surface area contributed by atoms with Gasteiger partial charge in [-0.15, -0.1) is 11.3 Å². The second-order valence-electron chi connectivity index (χ2n) is 5.79. The summed E-state index contributed by atoms with van der Waals surface area (Å²) in [5, 5.41) is 8.16. The van der Waals surface area contributed by atoms with Crippen LogP contribution in [-0.2, 0) is 11.3 Å². The molecule has 2 unspecified atom stereocenters. The Hall–Kier alpha value is -2.45. The van der Waals surface area contributed by atoms with Crippen LogP contribution in [0, 0.1) is 0 Å². The first kappa shape index (κ1) is 17.4. The van der Waals surface area contributed by atoms with E-state index in [1.807, 2.05) is 26.0 Å². The molecular weight excluding hydrogens is 340 g/mol. The third kappa shape index (κ3) is 3.64. The van der Waals surface area contributed by atoms with Crippen molar-refractivity contribution < 1.29 is 14.3 Å². The maximum Gasteiger partial charge on any atom is 0.271 e. The predicted molar refractivity (Wildman–Crippen MR) is 95.7 cm³/mol. The monoisotopic (exact) mass is 360 g/mol. The van der Waals surface area contributed by atoms with E-state index in [0.29, 0.717) is 30.1 Å². The first-order valence-corrected chi connectivity index (χ1v) is 8.96. The van der Waals surface area contributed by atoms with E-state index < -0.39 is 6.10 Å². The molecule has 2 aromatic rings. The SMILES string of the molecule is CCC1Oc2cc(C(C)NC(=O)c3csc(CN)n3)ccc2NC1=O. The van der Waals surface area contributed by atoms with Crippen LogP contribution in [0.2, 0.25) is 0 Å². The highest BCUT2D eigenvalue weighted by molar-refractivity contribution is 7.09. The summed E-state index contributed by atoms with van der Waals surface area (Å²) in [4.78, 5) is 28.3. The zero-order valence-electron chi connectivity index (χ0n) is 14.0. The number of nitrogens with two attached hydrogens (primary N) is 1. The topological polar surface area (TPSA) is 106 Å². The van der Waals surface area contributed by atoms with Crippen molar-refractivity contribution in [1.29, 1.82) is 0 Å². The van der Waals surface area contributed by atoms with Gasteiger partial charge in [-0.3, -0.25) is 9.59 Å².